The van der Waals surface area contributed by atoms with Crippen LogP contribution in [0.25, 0.3) is 0 Å². The minimum Gasteiger partial charge on any atom is -0.618 e. The van der Waals surface area contributed by atoms with Crippen LogP contribution in [0.4, 0.5) is 0 Å². The summed E-state index contributed by atoms with van der Waals surface area (Å²) in [6.45, 7) is 5.95. The van der Waals surface area contributed by atoms with Gasteiger partial charge in [-0.25, -0.2) is 0 Å². The molecule has 0 fully saturated rings. The van der Waals surface area contributed by atoms with Gasteiger partial charge in [0.2, 0.25) is 0 Å². The van der Waals surface area contributed by atoms with Crippen molar-refractivity contribution in [2.24, 2.45) is 0 Å². The van der Waals surface area contributed by atoms with E-state index in [1.54, 1.807) is 0 Å². The lowest BCUT2D eigenvalue weighted by Gasteiger charge is -2.06. The van der Waals surface area contributed by atoms with Crippen molar-refractivity contribution >= 4 is 0 Å². The van der Waals surface area contributed by atoms with Crippen molar-refractivity contribution in [1.29, 1.82) is 0 Å². The highest BCUT2D eigenvalue weighted by molar-refractivity contribution is 5.14. The molecule has 0 spiro atoms. The van der Waals surface area contributed by atoms with Crippen LogP contribution in [-0.4, -0.2) is 0 Å². The summed E-state index contributed by atoms with van der Waals surface area (Å²) in [5, 5.41) is 11.4. The van der Waals surface area contributed by atoms with Crippen LogP contribution >= 0.6 is 0 Å². The summed E-state index contributed by atoms with van der Waals surface area (Å²) in [5.41, 5.74) is 2.84. The molecule has 1 heterocycles. The highest BCUT2D eigenvalue weighted by Crippen LogP contribution is 2.03. The Bertz CT molecular complexity index is 281. The summed E-state index contributed by atoms with van der Waals surface area (Å²) in [6.07, 6.45) is 1.89. The van der Waals surface area contributed by atoms with E-state index in [1.807, 2.05) is 26.0 Å². The van der Waals surface area contributed by atoms with E-state index in [0.717, 1.165) is 29.0 Å². The molecule has 2 heteroatoms. The second kappa shape index (κ2) is 3.57. The van der Waals surface area contributed by atoms with E-state index in [0.29, 0.717) is 0 Å². The van der Waals surface area contributed by atoms with E-state index in [1.165, 1.54) is 5.56 Å². The Labute approximate surface area is 73.4 Å². The number of aromatic nitrogens is 1. The van der Waals surface area contributed by atoms with Crippen LogP contribution in [0.2, 0.25) is 0 Å². The lowest BCUT2D eigenvalue weighted by Crippen LogP contribution is -2.35. The standard InChI is InChI=1S/C10H15NO/c1-4-5-10-7-8(2)6-9(3)11(10)12/h6-7H,4-5H2,1-3H3. The molecule has 0 amide bonds. The van der Waals surface area contributed by atoms with E-state index in [9.17, 15) is 5.21 Å². The molecule has 0 unspecified atom stereocenters. The van der Waals surface area contributed by atoms with Crippen LogP contribution in [-0.2, 0) is 6.42 Å². The van der Waals surface area contributed by atoms with Crippen molar-refractivity contribution in [1.82, 2.24) is 0 Å². The average molecular weight is 165 g/mol. The highest BCUT2D eigenvalue weighted by atomic mass is 16.5. The molecule has 0 aliphatic rings. The zero-order valence-corrected chi connectivity index (χ0v) is 7.92. The number of rotatable bonds is 2. The van der Waals surface area contributed by atoms with Gasteiger partial charge in [-0.15, -0.1) is 0 Å². The SMILES string of the molecule is CCCc1cc(C)cc(C)[n+]1[O-]. The molecule has 0 saturated heterocycles. The Balaban J connectivity index is 3.09. The molecule has 0 radical (unpaired) electrons. The molecular formula is C10H15NO. The maximum atomic E-state index is 11.4. The lowest BCUT2D eigenvalue weighted by atomic mass is 10.1. The molecule has 0 saturated carbocycles. The number of aryl methyl sites for hydroxylation is 3. The fourth-order valence-corrected chi connectivity index (χ4v) is 1.41. The Morgan fingerprint density at radius 1 is 1.33 bits per heavy atom. The Morgan fingerprint density at radius 2 is 2.00 bits per heavy atom. The highest BCUT2D eigenvalue weighted by Gasteiger charge is 2.07. The first-order valence-corrected chi connectivity index (χ1v) is 4.35. The normalized spacial score (nSPS) is 10.2. The molecule has 0 aromatic carbocycles. The summed E-state index contributed by atoms with van der Waals surface area (Å²) < 4.78 is 1.02. The first-order valence-electron chi connectivity index (χ1n) is 4.35. The number of hydrogen-bond acceptors (Lipinski definition) is 1. The molecule has 1 aromatic heterocycles. The minimum absolute atomic E-state index is 0.790. The van der Waals surface area contributed by atoms with Gasteiger partial charge in [-0.3, -0.25) is 0 Å². The predicted octanol–water partition coefficient (Wildman–Crippen LogP) is 1.89. The summed E-state index contributed by atoms with van der Waals surface area (Å²) >= 11 is 0. The lowest BCUT2D eigenvalue weighted by molar-refractivity contribution is -0.620. The number of hydrogen-bond donors (Lipinski definition) is 0. The van der Waals surface area contributed by atoms with Gasteiger partial charge in [-0.1, -0.05) is 6.92 Å². The Kier molecular flexibility index (Phi) is 2.69. The van der Waals surface area contributed by atoms with Crippen LogP contribution in [0.1, 0.15) is 30.3 Å². The molecule has 0 N–H and O–H groups in total. The van der Waals surface area contributed by atoms with E-state index in [4.69, 9.17) is 0 Å². The molecule has 2 nitrogen and oxygen atoms in total. The van der Waals surface area contributed by atoms with Crippen molar-refractivity contribution in [2.45, 2.75) is 33.6 Å². The quantitative estimate of drug-likeness (QED) is 0.485. The second-order valence-corrected chi connectivity index (χ2v) is 3.21. The molecule has 0 atom stereocenters. The summed E-state index contributed by atoms with van der Waals surface area (Å²) in [6, 6.07) is 3.87. The van der Waals surface area contributed by atoms with Gasteiger partial charge in [-0.2, -0.15) is 4.73 Å². The summed E-state index contributed by atoms with van der Waals surface area (Å²) in [4.78, 5) is 0. The fraction of sp³-hybridized carbons (Fsp3) is 0.500. The molecule has 12 heavy (non-hydrogen) atoms. The molecule has 66 valence electrons. The Hall–Kier alpha value is -1.05. The van der Waals surface area contributed by atoms with Gasteiger partial charge < -0.3 is 5.21 Å². The molecule has 0 aliphatic carbocycles. The zero-order chi connectivity index (χ0) is 9.14. The molecule has 1 rings (SSSR count). The maximum Gasteiger partial charge on any atom is 0.193 e. The van der Waals surface area contributed by atoms with Crippen LogP contribution < -0.4 is 4.73 Å². The average Bonchev–Trinajstić information content (AvgIpc) is 2.00. The van der Waals surface area contributed by atoms with E-state index >= 15 is 0 Å². The third-order valence-electron chi connectivity index (χ3n) is 1.92. The van der Waals surface area contributed by atoms with Crippen LogP contribution in [0.3, 0.4) is 0 Å². The first-order chi connectivity index (χ1) is 5.65. The number of pyridine rings is 1. The van der Waals surface area contributed by atoms with Crippen LogP contribution in [0.15, 0.2) is 12.1 Å². The topological polar surface area (TPSA) is 26.9 Å². The van der Waals surface area contributed by atoms with Crippen molar-refractivity contribution in [3.8, 4) is 0 Å². The van der Waals surface area contributed by atoms with Gasteiger partial charge in [0.25, 0.3) is 0 Å². The smallest absolute Gasteiger partial charge is 0.193 e. The summed E-state index contributed by atoms with van der Waals surface area (Å²) in [5.74, 6) is 0. The fourth-order valence-electron chi connectivity index (χ4n) is 1.41. The zero-order valence-electron chi connectivity index (χ0n) is 7.92. The second-order valence-electron chi connectivity index (χ2n) is 3.21. The van der Waals surface area contributed by atoms with Crippen molar-refractivity contribution in [2.75, 3.05) is 0 Å². The molecule has 0 bridgehead atoms. The largest absolute Gasteiger partial charge is 0.618 e. The van der Waals surface area contributed by atoms with Crippen molar-refractivity contribution in [3.05, 3.63) is 34.3 Å². The van der Waals surface area contributed by atoms with Crippen molar-refractivity contribution < 1.29 is 4.73 Å². The van der Waals surface area contributed by atoms with E-state index in [2.05, 4.69) is 6.92 Å². The third-order valence-corrected chi connectivity index (χ3v) is 1.92. The Morgan fingerprint density at radius 3 is 2.58 bits per heavy atom. The van der Waals surface area contributed by atoms with E-state index in [-0.39, 0.29) is 0 Å². The third kappa shape index (κ3) is 1.76. The van der Waals surface area contributed by atoms with Gasteiger partial charge in [0.05, 0.1) is 0 Å². The van der Waals surface area contributed by atoms with Crippen LogP contribution in [0.5, 0.6) is 0 Å². The van der Waals surface area contributed by atoms with Gasteiger partial charge in [0, 0.05) is 25.5 Å². The molecule has 1 aromatic rings. The molecular weight excluding hydrogens is 150 g/mol. The predicted molar refractivity (Wildman–Crippen MR) is 48.9 cm³/mol. The first kappa shape index (κ1) is 9.04. The monoisotopic (exact) mass is 165 g/mol. The summed E-state index contributed by atoms with van der Waals surface area (Å²) in [7, 11) is 0. The van der Waals surface area contributed by atoms with Gasteiger partial charge in [0.15, 0.2) is 11.4 Å². The van der Waals surface area contributed by atoms with Crippen molar-refractivity contribution in [3.63, 3.8) is 0 Å². The maximum absolute atomic E-state index is 11.4. The van der Waals surface area contributed by atoms with Crippen LogP contribution in [0, 0.1) is 19.1 Å². The van der Waals surface area contributed by atoms with E-state index < -0.39 is 0 Å². The molecule has 0 aliphatic heterocycles. The number of nitrogens with zero attached hydrogens (tertiary/aromatic N) is 1. The van der Waals surface area contributed by atoms with Gasteiger partial charge in [-0.05, 0) is 18.9 Å². The van der Waals surface area contributed by atoms with Gasteiger partial charge in [0.1, 0.15) is 0 Å². The van der Waals surface area contributed by atoms with Gasteiger partial charge >= 0.3 is 0 Å². The minimum atomic E-state index is 0.790.